The zero-order valence-corrected chi connectivity index (χ0v) is 18.2. The number of aromatic nitrogens is 1. The molecular weight excluding hydrogens is 410 g/mol. The summed E-state index contributed by atoms with van der Waals surface area (Å²) in [5, 5.41) is 5.77. The molecule has 26 heavy (non-hydrogen) atoms. The van der Waals surface area contributed by atoms with Gasteiger partial charge >= 0.3 is 0 Å². The Morgan fingerprint density at radius 2 is 2.19 bits per heavy atom. The second-order valence-electron chi connectivity index (χ2n) is 6.82. The molecule has 0 bridgehead atoms. The standard InChI is InChI=1S/C19H28BrN5S/c1-21-19(24(3)14-16-11-15(20)13-23(16)2)22-12-17(18-7-6-10-26-18)25-8-4-5-9-25/h6-7,10-11,13,17H,4-5,8-9,12,14H2,1-3H3,(H,21,22). The maximum absolute atomic E-state index is 4.50. The Kier molecular flexibility index (Phi) is 6.78. The molecule has 3 rings (SSSR count). The quantitative estimate of drug-likeness (QED) is 0.552. The molecule has 2 aromatic rings. The first kappa shape index (κ1) is 19.5. The fourth-order valence-electron chi connectivity index (χ4n) is 3.56. The van der Waals surface area contributed by atoms with Crippen LogP contribution in [0, 0.1) is 0 Å². The summed E-state index contributed by atoms with van der Waals surface area (Å²) in [5.74, 6) is 0.933. The van der Waals surface area contributed by atoms with Gasteiger partial charge < -0.3 is 14.8 Å². The minimum absolute atomic E-state index is 0.423. The number of aliphatic imine (C=N–C) groups is 1. The third-order valence-corrected chi connectivity index (χ3v) is 6.36. The van der Waals surface area contributed by atoms with Crippen LogP contribution in [-0.4, -0.2) is 54.1 Å². The topological polar surface area (TPSA) is 35.8 Å². The molecular formula is C19H28BrN5S. The molecule has 1 N–H and O–H groups in total. The van der Waals surface area contributed by atoms with Crippen LogP contribution >= 0.6 is 27.3 Å². The lowest BCUT2D eigenvalue weighted by atomic mass is 10.2. The first-order valence-corrected chi connectivity index (χ1v) is 10.8. The van der Waals surface area contributed by atoms with E-state index in [1.54, 1.807) is 0 Å². The van der Waals surface area contributed by atoms with E-state index in [1.807, 2.05) is 18.4 Å². The lowest BCUT2D eigenvalue weighted by Crippen LogP contribution is -2.43. The Morgan fingerprint density at radius 3 is 2.77 bits per heavy atom. The van der Waals surface area contributed by atoms with Crippen molar-refractivity contribution in [2.45, 2.75) is 25.4 Å². The third-order valence-electron chi connectivity index (χ3n) is 4.95. The molecule has 1 atom stereocenters. The van der Waals surface area contributed by atoms with E-state index in [4.69, 9.17) is 0 Å². The van der Waals surface area contributed by atoms with E-state index in [9.17, 15) is 0 Å². The van der Waals surface area contributed by atoms with E-state index in [1.165, 1.54) is 36.5 Å². The molecule has 1 saturated heterocycles. The van der Waals surface area contributed by atoms with Crippen LogP contribution in [-0.2, 0) is 13.6 Å². The van der Waals surface area contributed by atoms with E-state index in [2.05, 4.69) is 84.5 Å². The molecule has 0 saturated carbocycles. The Morgan fingerprint density at radius 1 is 1.42 bits per heavy atom. The van der Waals surface area contributed by atoms with Crippen molar-refractivity contribution in [2.24, 2.45) is 12.0 Å². The highest BCUT2D eigenvalue weighted by Gasteiger charge is 2.24. The zero-order chi connectivity index (χ0) is 18.5. The highest BCUT2D eigenvalue weighted by molar-refractivity contribution is 9.10. The SMILES string of the molecule is CN=C(NCC(c1cccs1)N1CCCC1)N(C)Cc1cc(Br)cn1C. The minimum atomic E-state index is 0.423. The van der Waals surface area contributed by atoms with Crippen LogP contribution in [0.1, 0.15) is 29.5 Å². The van der Waals surface area contributed by atoms with E-state index >= 15 is 0 Å². The van der Waals surface area contributed by atoms with Gasteiger partial charge in [0.1, 0.15) is 0 Å². The molecule has 0 spiro atoms. The van der Waals surface area contributed by atoms with Crippen LogP contribution in [0.2, 0.25) is 0 Å². The van der Waals surface area contributed by atoms with Gasteiger partial charge in [-0.1, -0.05) is 6.07 Å². The number of aryl methyl sites for hydroxylation is 1. The maximum Gasteiger partial charge on any atom is 0.193 e. The highest BCUT2D eigenvalue weighted by atomic mass is 79.9. The Hall–Kier alpha value is -1.31. The van der Waals surface area contributed by atoms with Gasteiger partial charge in [-0.2, -0.15) is 0 Å². The summed E-state index contributed by atoms with van der Waals surface area (Å²) in [6.07, 6.45) is 4.69. The van der Waals surface area contributed by atoms with Crippen molar-refractivity contribution in [3.63, 3.8) is 0 Å². The lowest BCUT2D eigenvalue weighted by Gasteiger charge is -2.29. The van der Waals surface area contributed by atoms with Crippen LogP contribution in [0.25, 0.3) is 0 Å². The molecule has 1 unspecified atom stereocenters. The number of guanidine groups is 1. The summed E-state index contributed by atoms with van der Waals surface area (Å²) in [5.41, 5.74) is 1.25. The van der Waals surface area contributed by atoms with Crippen LogP contribution in [0.15, 0.2) is 39.2 Å². The summed E-state index contributed by atoms with van der Waals surface area (Å²) < 4.78 is 3.25. The van der Waals surface area contributed by atoms with E-state index in [-0.39, 0.29) is 0 Å². The van der Waals surface area contributed by atoms with Gasteiger partial charge in [0.2, 0.25) is 0 Å². The largest absolute Gasteiger partial charge is 0.354 e. The Bertz CT molecular complexity index is 718. The molecule has 5 nitrogen and oxygen atoms in total. The minimum Gasteiger partial charge on any atom is -0.354 e. The lowest BCUT2D eigenvalue weighted by molar-refractivity contribution is 0.247. The summed E-state index contributed by atoms with van der Waals surface area (Å²) in [6, 6.07) is 6.98. The molecule has 1 fully saturated rings. The molecule has 1 aliphatic heterocycles. The molecule has 0 amide bonds. The van der Waals surface area contributed by atoms with Gasteiger partial charge in [-0.25, -0.2) is 0 Å². The number of hydrogen-bond donors (Lipinski definition) is 1. The summed E-state index contributed by atoms with van der Waals surface area (Å²) in [4.78, 5) is 10.7. The summed E-state index contributed by atoms with van der Waals surface area (Å²) in [7, 11) is 6.02. The van der Waals surface area contributed by atoms with Crippen LogP contribution in [0.4, 0.5) is 0 Å². The zero-order valence-electron chi connectivity index (χ0n) is 15.8. The molecule has 3 heterocycles. The van der Waals surface area contributed by atoms with Crippen molar-refractivity contribution < 1.29 is 0 Å². The van der Waals surface area contributed by atoms with Crippen molar-refractivity contribution in [1.29, 1.82) is 0 Å². The first-order valence-electron chi connectivity index (χ1n) is 9.08. The molecule has 2 aromatic heterocycles. The van der Waals surface area contributed by atoms with Crippen molar-refractivity contribution >= 4 is 33.2 Å². The van der Waals surface area contributed by atoms with Gasteiger partial charge in [0.15, 0.2) is 5.96 Å². The van der Waals surface area contributed by atoms with Crippen molar-refractivity contribution in [2.75, 3.05) is 33.7 Å². The van der Waals surface area contributed by atoms with Gasteiger partial charge in [-0.3, -0.25) is 9.89 Å². The number of rotatable bonds is 6. The number of thiophene rings is 1. The van der Waals surface area contributed by atoms with E-state index in [0.717, 1.165) is 23.5 Å². The van der Waals surface area contributed by atoms with Crippen LogP contribution in [0.3, 0.4) is 0 Å². The van der Waals surface area contributed by atoms with Crippen LogP contribution in [0.5, 0.6) is 0 Å². The average Bonchev–Trinajstić information content (AvgIpc) is 3.35. The number of nitrogens with zero attached hydrogens (tertiary/aromatic N) is 4. The second-order valence-corrected chi connectivity index (χ2v) is 8.71. The molecule has 0 aliphatic carbocycles. The predicted molar refractivity (Wildman–Crippen MR) is 114 cm³/mol. The maximum atomic E-state index is 4.50. The number of halogens is 1. The summed E-state index contributed by atoms with van der Waals surface area (Å²) >= 11 is 5.40. The fourth-order valence-corrected chi connectivity index (χ4v) is 4.99. The number of nitrogens with one attached hydrogen (secondary N) is 1. The van der Waals surface area contributed by atoms with Crippen molar-refractivity contribution in [3.05, 3.63) is 44.8 Å². The monoisotopic (exact) mass is 437 g/mol. The Labute approximate surface area is 168 Å². The smallest absolute Gasteiger partial charge is 0.193 e. The Balaban J connectivity index is 1.63. The molecule has 142 valence electrons. The van der Waals surface area contributed by atoms with E-state index in [0.29, 0.717) is 6.04 Å². The summed E-state index contributed by atoms with van der Waals surface area (Å²) in [6.45, 7) is 4.08. The average molecular weight is 438 g/mol. The number of likely N-dealkylation sites (tertiary alicyclic amines) is 1. The molecule has 0 radical (unpaired) electrons. The second kappa shape index (κ2) is 9.06. The highest BCUT2D eigenvalue weighted by Crippen LogP contribution is 2.27. The van der Waals surface area contributed by atoms with Gasteiger partial charge in [0, 0.05) is 48.9 Å². The molecule has 1 aliphatic rings. The third kappa shape index (κ3) is 4.69. The fraction of sp³-hybridized carbons (Fsp3) is 0.526. The van der Waals surface area contributed by atoms with Gasteiger partial charge in [-0.05, 0) is 59.4 Å². The van der Waals surface area contributed by atoms with Gasteiger partial charge in [-0.15, -0.1) is 11.3 Å². The van der Waals surface area contributed by atoms with Gasteiger partial charge in [0.25, 0.3) is 0 Å². The molecule has 7 heteroatoms. The predicted octanol–water partition coefficient (Wildman–Crippen LogP) is 3.69. The molecule has 0 aromatic carbocycles. The number of hydrogen-bond acceptors (Lipinski definition) is 3. The van der Waals surface area contributed by atoms with Crippen molar-refractivity contribution in [3.8, 4) is 0 Å². The van der Waals surface area contributed by atoms with Crippen LogP contribution < -0.4 is 5.32 Å². The van der Waals surface area contributed by atoms with E-state index < -0.39 is 0 Å². The normalized spacial score (nSPS) is 16.8. The van der Waals surface area contributed by atoms with Gasteiger partial charge in [0.05, 0.1) is 12.6 Å². The van der Waals surface area contributed by atoms with Crippen molar-refractivity contribution in [1.82, 2.24) is 19.7 Å². The first-order chi connectivity index (χ1) is 12.6.